The van der Waals surface area contributed by atoms with Crippen molar-refractivity contribution in [2.75, 3.05) is 43.9 Å². The number of anilines is 2. The van der Waals surface area contributed by atoms with Crippen LogP contribution in [0.15, 0.2) is 0 Å². The molecule has 2 heterocycles. The monoisotopic (exact) mass is 280 g/mol. The zero-order chi connectivity index (χ0) is 14.4. The van der Waals surface area contributed by atoms with Crippen LogP contribution in [-0.2, 0) is 0 Å². The van der Waals surface area contributed by atoms with Gasteiger partial charge < -0.3 is 20.3 Å². The summed E-state index contributed by atoms with van der Waals surface area (Å²) >= 11 is 0. The van der Waals surface area contributed by atoms with Crippen molar-refractivity contribution in [3.8, 4) is 6.01 Å². The van der Waals surface area contributed by atoms with Crippen LogP contribution in [0.2, 0.25) is 0 Å². The molecule has 1 fully saturated rings. The molecule has 1 saturated heterocycles. The molecular formula is C13H24N6O. The van der Waals surface area contributed by atoms with Crippen molar-refractivity contribution in [2.45, 2.75) is 32.7 Å². The van der Waals surface area contributed by atoms with Crippen LogP contribution in [0.1, 0.15) is 26.7 Å². The Hall–Kier alpha value is -1.63. The predicted molar refractivity (Wildman–Crippen MR) is 79.3 cm³/mol. The summed E-state index contributed by atoms with van der Waals surface area (Å²) in [5.41, 5.74) is 0. The standard InChI is InChI=1S/C13H24N6O/c1-4-14-11-16-12(18-13(17-11)20-3)15-10-7-6-8-19(5-2)9-10/h10H,4-9H2,1-3H3,(H2,14,15,16,17,18). The second-order valence-corrected chi connectivity index (χ2v) is 4.88. The molecule has 1 unspecified atom stereocenters. The lowest BCUT2D eigenvalue weighted by molar-refractivity contribution is 0.226. The smallest absolute Gasteiger partial charge is 0.322 e. The third kappa shape index (κ3) is 3.93. The molecule has 7 nitrogen and oxygen atoms in total. The maximum Gasteiger partial charge on any atom is 0.322 e. The van der Waals surface area contributed by atoms with Gasteiger partial charge >= 0.3 is 6.01 Å². The van der Waals surface area contributed by atoms with E-state index in [1.807, 2.05) is 6.92 Å². The highest BCUT2D eigenvalue weighted by atomic mass is 16.5. The molecule has 0 spiro atoms. The Balaban J connectivity index is 2.05. The number of hydrogen-bond acceptors (Lipinski definition) is 7. The first-order valence-corrected chi connectivity index (χ1v) is 7.28. The summed E-state index contributed by atoms with van der Waals surface area (Å²) in [6, 6.07) is 0.715. The Morgan fingerprint density at radius 1 is 1.25 bits per heavy atom. The Bertz CT molecular complexity index is 427. The van der Waals surface area contributed by atoms with E-state index in [1.165, 1.54) is 13.0 Å². The number of rotatable bonds is 6. The number of ether oxygens (including phenoxy) is 1. The summed E-state index contributed by atoms with van der Waals surface area (Å²) in [5.74, 6) is 1.13. The second kappa shape index (κ2) is 7.23. The molecule has 0 saturated carbocycles. The van der Waals surface area contributed by atoms with Gasteiger partial charge in [0, 0.05) is 19.1 Å². The lowest BCUT2D eigenvalue weighted by Crippen LogP contribution is -2.42. The fraction of sp³-hybridized carbons (Fsp3) is 0.769. The van der Waals surface area contributed by atoms with E-state index >= 15 is 0 Å². The molecule has 2 N–H and O–H groups in total. The average molecular weight is 280 g/mol. The third-order valence-electron chi connectivity index (χ3n) is 3.42. The number of nitrogens with one attached hydrogen (secondary N) is 2. The van der Waals surface area contributed by atoms with E-state index in [0.717, 1.165) is 26.1 Å². The molecule has 1 aromatic heterocycles. The SMILES string of the molecule is CCNc1nc(NC2CCCN(CC)C2)nc(OC)n1. The number of hydrogen-bond donors (Lipinski definition) is 2. The van der Waals surface area contributed by atoms with Gasteiger partial charge in [0.05, 0.1) is 7.11 Å². The van der Waals surface area contributed by atoms with Crippen LogP contribution in [0.3, 0.4) is 0 Å². The highest BCUT2D eigenvalue weighted by Crippen LogP contribution is 2.16. The van der Waals surface area contributed by atoms with Crippen molar-refractivity contribution in [3.63, 3.8) is 0 Å². The van der Waals surface area contributed by atoms with Gasteiger partial charge in [-0.15, -0.1) is 0 Å². The topological polar surface area (TPSA) is 75.2 Å². The molecule has 2 rings (SSSR count). The molecular weight excluding hydrogens is 256 g/mol. The zero-order valence-electron chi connectivity index (χ0n) is 12.5. The molecule has 0 radical (unpaired) electrons. The molecule has 112 valence electrons. The first-order valence-electron chi connectivity index (χ1n) is 7.28. The molecule has 0 amide bonds. The predicted octanol–water partition coefficient (Wildman–Crippen LogP) is 1.21. The summed E-state index contributed by atoms with van der Waals surface area (Å²) < 4.78 is 5.12. The minimum Gasteiger partial charge on any atom is -0.467 e. The van der Waals surface area contributed by atoms with Crippen LogP contribution in [-0.4, -0.2) is 59.2 Å². The minimum atomic E-state index is 0.335. The van der Waals surface area contributed by atoms with Crippen molar-refractivity contribution in [2.24, 2.45) is 0 Å². The molecule has 20 heavy (non-hydrogen) atoms. The Labute approximate surface area is 120 Å². The van der Waals surface area contributed by atoms with Gasteiger partial charge in [0.2, 0.25) is 11.9 Å². The Morgan fingerprint density at radius 3 is 2.75 bits per heavy atom. The average Bonchev–Trinajstić information content (AvgIpc) is 2.47. The van der Waals surface area contributed by atoms with Crippen LogP contribution in [0.25, 0.3) is 0 Å². The molecule has 0 aliphatic carbocycles. The highest BCUT2D eigenvalue weighted by Gasteiger charge is 2.19. The molecule has 1 atom stereocenters. The van der Waals surface area contributed by atoms with Crippen molar-refractivity contribution >= 4 is 11.9 Å². The van der Waals surface area contributed by atoms with Gasteiger partial charge in [-0.1, -0.05) is 6.92 Å². The van der Waals surface area contributed by atoms with Crippen LogP contribution >= 0.6 is 0 Å². The summed E-state index contributed by atoms with van der Waals surface area (Å²) in [7, 11) is 1.56. The summed E-state index contributed by atoms with van der Waals surface area (Å²) in [6.45, 7) is 8.25. The summed E-state index contributed by atoms with van der Waals surface area (Å²) in [6.07, 6.45) is 2.34. The summed E-state index contributed by atoms with van der Waals surface area (Å²) in [4.78, 5) is 15.2. The Morgan fingerprint density at radius 2 is 2.05 bits per heavy atom. The van der Waals surface area contributed by atoms with Gasteiger partial charge in [0.25, 0.3) is 0 Å². The van der Waals surface area contributed by atoms with E-state index in [4.69, 9.17) is 4.74 Å². The highest BCUT2D eigenvalue weighted by molar-refractivity contribution is 5.36. The van der Waals surface area contributed by atoms with E-state index in [9.17, 15) is 0 Å². The molecule has 1 aromatic rings. The van der Waals surface area contributed by atoms with Gasteiger partial charge in [-0.05, 0) is 32.9 Å². The third-order valence-corrected chi connectivity index (χ3v) is 3.42. The zero-order valence-corrected chi connectivity index (χ0v) is 12.5. The van der Waals surface area contributed by atoms with Crippen LogP contribution in [0.5, 0.6) is 6.01 Å². The lowest BCUT2D eigenvalue weighted by atomic mass is 10.1. The maximum absolute atomic E-state index is 5.12. The number of nitrogens with zero attached hydrogens (tertiary/aromatic N) is 4. The van der Waals surface area contributed by atoms with E-state index < -0.39 is 0 Å². The van der Waals surface area contributed by atoms with Crippen molar-refractivity contribution in [3.05, 3.63) is 0 Å². The van der Waals surface area contributed by atoms with Crippen molar-refractivity contribution in [1.82, 2.24) is 19.9 Å². The van der Waals surface area contributed by atoms with Crippen LogP contribution in [0.4, 0.5) is 11.9 Å². The van der Waals surface area contributed by atoms with Gasteiger partial charge in [-0.25, -0.2) is 0 Å². The minimum absolute atomic E-state index is 0.335. The van der Waals surface area contributed by atoms with Gasteiger partial charge in [0.15, 0.2) is 0 Å². The fourth-order valence-electron chi connectivity index (χ4n) is 2.39. The van der Waals surface area contributed by atoms with E-state index in [2.05, 4.69) is 37.4 Å². The first-order chi connectivity index (χ1) is 9.75. The second-order valence-electron chi connectivity index (χ2n) is 4.88. The number of likely N-dealkylation sites (N-methyl/N-ethyl adjacent to an activating group) is 1. The number of methoxy groups -OCH3 is 1. The maximum atomic E-state index is 5.12. The van der Waals surface area contributed by atoms with E-state index in [1.54, 1.807) is 7.11 Å². The fourth-order valence-corrected chi connectivity index (χ4v) is 2.39. The molecule has 0 aromatic carbocycles. The number of likely N-dealkylation sites (tertiary alicyclic amines) is 1. The Kier molecular flexibility index (Phi) is 5.34. The van der Waals surface area contributed by atoms with Gasteiger partial charge in [-0.2, -0.15) is 15.0 Å². The van der Waals surface area contributed by atoms with Crippen LogP contribution in [0, 0.1) is 0 Å². The summed E-state index contributed by atoms with van der Waals surface area (Å²) in [5, 5.41) is 6.48. The number of piperidine rings is 1. The normalized spacial score (nSPS) is 19.6. The molecule has 0 bridgehead atoms. The van der Waals surface area contributed by atoms with Crippen LogP contribution < -0.4 is 15.4 Å². The van der Waals surface area contributed by atoms with Gasteiger partial charge in [0.1, 0.15) is 0 Å². The van der Waals surface area contributed by atoms with Gasteiger partial charge in [-0.3, -0.25) is 0 Å². The van der Waals surface area contributed by atoms with E-state index in [0.29, 0.717) is 23.9 Å². The molecule has 1 aliphatic heterocycles. The molecule has 7 heteroatoms. The molecule has 1 aliphatic rings. The van der Waals surface area contributed by atoms with Crippen molar-refractivity contribution in [1.29, 1.82) is 0 Å². The largest absolute Gasteiger partial charge is 0.467 e. The van der Waals surface area contributed by atoms with E-state index in [-0.39, 0.29) is 0 Å². The number of aromatic nitrogens is 3. The first kappa shape index (κ1) is 14.8. The quantitative estimate of drug-likeness (QED) is 0.811. The lowest BCUT2D eigenvalue weighted by Gasteiger charge is -2.32. The van der Waals surface area contributed by atoms with Crippen molar-refractivity contribution < 1.29 is 4.74 Å².